The van der Waals surface area contributed by atoms with E-state index in [-0.39, 0.29) is 22.9 Å². The summed E-state index contributed by atoms with van der Waals surface area (Å²) in [4.78, 5) is 33.0. The molecule has 0 spiro atoms. The van der Waals surface area contributed by atoms with Gasteiger partial charge in [0.2, 0.25) is 5.91 Å². The Hall–Kier alpha value is -3.61. The van der Waals surface area contributed by atoms with Crippen molar-refractivity contribution in [3.63, 3.8) is 0 Å². The van der Waals surface area contributed by atoms with E-state index in [2.05, 4.69) is 36.2 Å². The van der Waals surface area contributed by atoms with Crippen molar-refractivity contribution < 1.29 is 9.59 Å². The molecular weight excluding hydrogens is 502 g/mol. The van der Waals surface area contributed by atoms with E-state index in [0.717, 1.165) is 22.3 Å². The molecule has 0 aliphatic carbocycles. The largest absolute Gasteiger partial charge is 0.347 e. The van der Waals surface area contributed by atoms with E-state index in [1.807, 2.05) is 43.4 Å². The number of aromatic nitrogens is 1. The van der Waals surface area contributed by atoms with Gasteiger partial charge in [0.05, 0.1) is 16.3 Å². The molecule has 0 radical (unpaired) electrons. The summed E-state index contributed by atoms with van der Waals surface area (Å²) in [6, 6.07) is 24.6. The fourth-order valence-corrected chi connectivity index (χ4v) is 5.60. The summed E-state index contributed by atoms with van der Waals surface area (Å²) in [6.45, 7) is 4.28. The minimum Gasteiger partial charge on any atom is -0.347 e. The van der Waals surface area contributed by atoms with Crippen LogP contribution in [-0.4, -0.2) is 29.5 Å². The van der Waals surface area contributed by atoms with Crippen molar-refractivity contribution in [2.75, 3.05) is 23.0 Å². The van der Waals surface area contributed by atoms with Crippen LogP contribution < -0.4 is 10.2 Å². The number of anilines is 2. The lowest BCUT2D eigenvalue weighted by Crippen LogP contribution is -2.24. The second-order valence-corrected chi connectivity index (χ2v) is 10.9. The molecule has 2 heterocycles. The van der Waals surface area contributed by atoms with E-state index in [1.165, 1.54) is 17.3 Å². The van der Waals surface area contributed by atoms with Gasteiger partial charge in [-0.1, -0.05) is 73.6 Å². The SMILES string of the molecule is CN1/C(=C\C(=O)c2cc(SCC(=O)Nc3ccc(Cl)cc3)nc3ccccc23)C(C)(C)c2ccccc21. The van der Waals surface area contributed by atoms with Crippen molar-refractivity contribution in [3.8, 4) is 0 Å². The molecular formula is C30H26ClN3O2S. The van der Waals surface area contributed by atoms with Gasteiger partial charge in [-0.3, -0.25) is 9.59 Å². The number of likely N-dealkylation sites (N-methyl/N-ethyl adjacent to an activating group) is 1. The van der Waals surface area contributed by atoms with E-state index in [1.54, 1.807) is 36.4 Å². The smallest absolute Gasteiger partial charge is 0.234 e. The molecule has 3 aromatic carbocycles. The highest BCUT2D eigenvalue weighted by Gasteiger charge is 2.38. The van der Waals surface area contributed by atoms with Crippen molar-refractivity contribution in [2.45, 2.75) is 24.3 Å². The third kappa shape index (κ3) is 4.99. The molecule has 0 atom stereocenters. The maximum absolute atomic E-state index is 13.7. The minimum absolute atomic E-state index is 0.0891. The highest BCUT2D eigenvalue weighted by Crippen LogP contribution is 2.46. The van der Waals surface area contributed by atoms with E-state index in [0.29, 0.717) is 21.3 Å². The number of halogens is 1. The summed E-state index contributed by atoms with van der Waals surface area (Å²) in [5.74, 6) is -0.0912. The summed E-state index contributed by atoms with van der Waals surface area (Å²) in [7, 11) is 2.00. The van der Waals surface area contributed by atoms with Crippen molar-refractivity contribution in [2.24, 2.45) is 0 Å². The molecule has 186 valence electrons. The van der Waals surface area contributed by atoms with Crippen LogP contribution in [0.3, 0.4) is 0 Å². The number of nitrogens with zero attached hydrogens (tertiary/aromatic N) is 2. The van der Waals surface area contributed by atoms with Crippen molar-refractivity contribution in [1.29, 1.82) is 0 Å². The summed E-state index contributed by atoms with van der Waals surface area (Å²) in [5.41, 5.74) is 4.90. The van der Waals surface area contributed by atoms with E-state index in [4.69, 9.17) is 16.6 Å². The second-order valence-electron chi connectivity index (χ2n) is 9.46. The lowest BCUT2D eigenvalue weighted by atomic mass is 9.83. The maximum Gasteiger partial charge on any atom is 0.234 e. The molecule has 0 unspecified atom stereocenters. The van der Waals surface area contributed by atoms with Gasteiger partial charge in [-0.2, -0.15) is 0 Å². The first kappa shape index (κ1) is 25.1. The topological polar surface area (TPSA) is 62.3 Å². The normalized spacial score (nSPS) is 15.1. The van der Waals surface area contributed by atoms with Crippen LogP contribution >= 0.6 is 23.4 Å². The zero-order chi connectivity index (χ0) is 26.2. The van der Waals surface area contributed by atoms with E-state index in [9.17, 15) is 9.59 Å². The van der Waals surface area contributed by atoms with Gasteiger partial charge in [0.25, 0.3) is 0 Å². The highest BCUT2D eigenvalue weighted by molar-refractivity contribution is 7.99. The van der Waals surface area contributed by atoms with Crippen LogP contribution in [0.4, 0.5) is 11.4 Å². The number of hydrogen-bond acceptors (Lipinski definition) is 5. The number of nitrogens with one attached hydrogen (secondary N) is 1. The van der Waals surface area contributed by atoms with Gasteiger partial charge in [-0.15, -0.1) is 0 Å². The third-order valence-electron chi connectivity index (χ3n) is 6.65. The fraction of sp³-hybridized carbons (Fsp3) is 0.167. The lowest BCUT2D eigenvalue weighted by Gasteiger charge is -2.24. The number of hydrogen-bond donors (Lipinski definition) is 1. The van der Waals surface area contributed by atoms with Crippen LogP contribution in [-0.2, 0) is 10.2 Å². The van der Waals surface area contributed by atoms with Gasteiger partial charge in [0.1, 0.15) is 0 Å². The van der Waals surface area contributed by atoms with Gasteiger partial charge in [-0.05, 0) is 48.0 Å². The molecule has 0 bridgehead atoms. The summed E-state index contributed by atoms with van der Waals surface area (Å²) >= 11 is 7.22. The average molecular weight is 528 g/mol. The van der Waals surface area contributed by atoms with E-state index >= 15 is 0 Å². The summed E-state index contributed by atoms with van der Waals surface area (Å²) in [6.07, 6.45) is 1.74. The molecule has 5 nitrogen and oxygen atoms in total. The Bertz CT molecular complexity index is 1550. The van der Waals surface area contributed by atoms with Crippen LogP contribution in [0.2, 0.25) is 5.02 Å². The van der Waals surface area contributed by atoms with Crippen LogP contribution in [0, 0.1) is 0 Å². The number of amides is 1. The van der Waals surface area contributed by atoms with Crippen molar-refractivity contribution in [1.82, 2.24) is 4.98 Å². The Balaban J connectivity index is 1.42. The predicted octanol–water partition coefficient (Wildman–Crippen LogP) is 7.11. The molecule has 1 aromatic heterocycles. The molecule has 0 saturated carbocycles. The minimum atomic E-state index is -0.304. The molecule has 0 saturated heterocycles. The molecule has 1 N–H and O–H groups in total. The monoisotopic (exact) mass is 527 g/mol. The highest BCUT2D eigenvalue weighted by atomic mass is 35.5. The number of rotatable bonds is 6. The number of fused-ring (bicyclic) bond motifs is 2. The predicted molar refractivity (Wildman–Crippen MR) is 153 cm³/mol. The molecule has 4 aromatic rings. The first-order valence-corrected chi connectivity index (χ1v) is 13.3. The first-order chi connectivity index (χ1) is 17.7. The number of carbonyl (C=O) groups excluding carboxylic acids is 2. The molecule has 1 aliphatic heterocycles. The third-order valence-corrected chi connectivity index (χ3v) is 7.81. The molecule has 1 aliphatic rings. The fourth-order valence-electron chi connectivity index (χ4n) is 4.76. The molecule has 1 amide bonds. The lowest BCUT2D eigenvalue weighted by molar-refractivity contribution is -0.113. The Labute approximate surface area is 225 Å². The summed E-state index contributed by atoms with van der Waals surface area (Å²) < 4.78 is 0. The van der Waals surface area contributed by atoms with Crippen molar-refractivity contribution >= 4 is 57.3 Å². The Morgan fingerprint density at radius 1 is 1.03 bits per heavy atom. The standard InChI is InChI=1S/C30H26ClN3O2S/c1-30(2)23-9-5-7-11-25(23)34(3)27(30)17-26(35)22-16-29(33-24-10-6-4-8-21(22)24)37-18-28(36)32-20-14-12-19(31)13-15-20/h4-17H,18H2,1-3H3,(H,32,36)/b27-17-. The molecule has 7 heteroatoms. The number of pyridine rings is 1. The van der Waals surface area contributed by atoms with Gasteiger partial charge in [0, 0.05) is 51.6 Å². The number of carbonyl (C=O) groups is 2. The van der Waals surface area contributed by atoms with Crippen LogP contribution in [0.15, 0.2) is 95.7 Å². The molecule has 0 fully saturated rings. The zero-order valence-electron chi connectivity index (χ0n) is 20.8. The van der Waals surface area contributed by atoms with Crippen LogP contribution in [0.5, 0.6) is 0 Å². The Morgan fingerprint density at radius 2 is 1.73 bits per heavy atom. The second kappa shape index (κ2) is 10.0. The van der Waals surface area contributed by atoms with Gasteiger partial charge < -0.3 is 10.2 Å². The number of para-hydroxylation sites is 2. The van der Waals surface area contributed by atoms with Crippen molar-refractivity contribution in [3.05, 3.63) is 107 Å². The number of ketones is 1. The first-order valence-electron chi connectivity index (χ1n) is 11.9. The zero-order valence-corrected chi connectivity index (χ0v) is 22.4. The quantitative estimate of drug-likeness (QED) is 0.164. The summed E-state index contributed by atoms with van der Waals surface area (Å²) in [5, 5.41) is 4.87. The van der Waals surface area contributed by atoms with Gasteiger partial charge in [-0.25, -0.2) is 4.98 Å². The average Bonchev–Trinajstić information content (AvgIpc) is 3.09. The molecule has 37 heavy (non-hydrogen) atoms. The maximum atomic E-state index is 13.7. The molecule has 5 rings (SSSR count). The van der Waals surface area contributed by atoms with Crippen LogP contribution in [0.1, 0.15) is 29.8 Å². The Kier molecular flexibility index (Phi) is 6.80. The van der Waals surface area contributed by atoms with Gasteiger partial charge in [0.15, 0.2) is 5.78 Å². The van der Waals surface area contributed by atoms with Gasteiger partial charge >= 0.3 is 0 Å². The number of allylic oxidation sites excluding steroid dienone is 2. The number of benzene rings is 3. The Morgan fingerprint density at radius 3 is 2.49 bits per heavy atom. The van der Waals surface area contributed by atoms with E-state index < -0.39 is 0 Å². The van der Waals surface area contributed by atoms with Crippen LogP contribution in [0.25, 0.3) is 10.9 Å². The number of thioether (sulfide) groups is 1.